The summed E-state index contributed by atoms with van der Waals surface area (Å²) in [5.41, 5.74) is 2.26. The quantitative estimate of drug-likeness (QED) is 0.378. The monoisotopic (exact) mass is 538 g/mol. The van der Waals surface area contributed by atoms with E-state index in [1.807, 2.05) is 18.2 Å². The van der Waals surface area contributed by atoms with Crippen molar-refractivity contribution in [3.8, 4) is 5.75 Å². The minimum absolute atomic E-state index is 0.0789. The molecule has 0 spiro atoms. The average Bonchev–Trinajstić information content (AvgIpc) is 3.16. The number of amides is 1. The molecule has 1 amide bonds. The van der Waals surface area contributed by atoms with E-state index in [0.717, 1.165) is 36.9 Å². The summed E-state index contributed by atoms with van der Waals surface area (Å²) < 4.78 is 19.3. The standard InChI is InChI=1S/C29H35FN4O3S/c1-20(28(35)18-34-14-4-2-3-13-32-34)33-29(36)27-16-25(37-19-24-15-26(38)17-31-24)12-9-22(27)8-5-21-6-10-23(30)11-7-21/h4,6-7,9-14,16,20,24,26,31,38H,2-3,5,8,15,17-19H2,1H3,(H,33,36)/t20-,24-,26-/m0/s1. The van der Waals surface area contributed by atoms with E-state index in [1.54, 1.807) is 42.5 Å². The number of hydrogen-bond acceptors (Lipinski definition) is 7. The first kappa shape index (κ1) is 27.9. The second-order valence-electron chi connectivity index (χ2n) is 9.77. The normalized spacial score (nSPS) is 19.7. The summed E-state index contributed by atoms with van der Waals surface area (Å²) in [6.07, 6.45) is 9.40. The van der Waals surface area contributed by atoms with Crippen molar-refractivity contribution < 1.29 is 18.7 Å². The van der Waals surface area contributed by atoms with E-state index >= 15 is 0 Å². The largest absolute Gasteiger partial charge is 0.492 e. The van der Waals surface area contributed by atoms with Gasteiger partial charge in [-0.1, -0.05) is 24.3 Å². The Morgan fingerprint density at radius 3 is 2.79 bits per heavy atom. The summed E-state index contributed by atoms with van der Waals surface area (Å²) in [6, 6.07) is 11.4. The second kappa shape index (κ2) is 13.6. The van der Waals surface area contributed by atoms with E-state index in [0.29, 0.717) is 36.0 Å². The predicted octanol–water partition coefficient (Wildman–Crippen LogP) is 3.93. The zero-order valence-electron chi connectivity index (χ0n) is 21.6. The van der Waals surface area contributed by atoms with E-state index < -0.39 is 6.04 Å². The molecule has 38 heavy (non-hydrogen) atoms. The SMILES string of the molecule is C[C@H](NC(=O)c1cc(OC[C@@H]2C[C@H](S)CN2)ccc1CCc1ccc(F)cc1)C(=O)CN1C=CCCC=N1. The van der Waals surface area contributed by atoms with E-state index in [-0.39, 0.29) is 30.1 Å². The van der Waals surface area contributed by atoms with Crippen LogP contribution in [0.5, 0.6) is 5.75 Å². The Morgan fingerprint density at radius 2 is 2.03 bits per heavy atom. The molecule has 0 radical (unpaired) electrons. The first-order chi connectivity index (χ1) is 18.4. The predicted molar refractivity (Wildman–Crippen MR) is 150 cm³/mol. The van der Waals surface area contributed by atoms with Gasteiger partial charge in [0.25, 0.3) is 5.91 Å². The number of allylic oxidation sites excluding steroid dienone is 1. The van der Waals surface area contributed by atoms with Crippen molar-refractivity contribution >= 4 is 30.5 Å². The van der Waals surface area contributed by atoms with Gasteiger partial charge in [0.1, 0.15) is 24.7 Å². The van der Waals surface area contributed by atoms with Crippen molar-refractivity contribution in [3.63, 3.8) is 0 Å². The van der Waals surface area contributed by atoms with Crippen LogP contribution in [0.4, 0.5) is 4.39 Å². The topological polar surface area (TPSA) is 83.0 Å². The number of hydrogen-bond donors (Lipinski definition) is 3. The number of Topliss-reactive ketones (excluding diaryl/α,β-unsaturated/α-hetero) is 1. The van der Waals surface area contributed by atoms with Crippen molar-refractivity contribution in [1.29, 1.82) is 0 Å². The van der Waals surface area contributed by atoms with Crippen molar-refractivity contribution in [1.82, 2.24) is 15.6 Å². The Bertz CT molecular complexity index is 1160. The number of ether oxygens (including phenoxy) is 1. The van der Waals surface area contributed by atoms with E-state index in [4.69, 9.17) is 4.74 Å². The molecule has 0 aromatic heterocycles. The molecule has 1 saturated heterocycles. The van der Waals surface area contributed by atoms with Gasteiger partial charge in [0, 0.05) is 35.8 Å². The number of nitrogens with zero attached hydrogens (tertiary/aromatic N) is 2. The van der Waals surface area contributed by atoms with Crippen molar-refractivity contribution in [2.24, 2.45) is 5.10 Å². The highest BCUT2D eigenvalue weighted by Crippen LogP contribution is 2.22. The third-order valence-electron chi connectivity index (χ3n) is 6.69. The van der Waals surface area contributed by atoms with Crippen LogP contribution >= 0.6 is 12.6 Å². The Balaban J connectivity index is 1.45. The minimum atomic E-state index is -0.695. The molecule has 4 rings (SSSR count). The average molecular weight is 539 g/mol. The Labute approximate surface area is 228 Å². The number of carbonyl (C=O) groups is 2. The van der Waals surface area contributed by atoms with E-state index in [9.17, 15) is 14.0 Å². The molecule has 0 saturated carbocycles. The zero-order valence-corrected chi connectivity index (χ0v) is 22.5. The lowest BCUT2D eigenvalue weighted by atomic mass is 9.98. The number of hydrazone groups is 1. The van der Waals surface area contributed by atoms with Crippen LogP contribution in [0, 0.1) is 5.82 Å². The van der Waals surface area contributed by atoms with Crippen LogP contribution in [-0.4, -0.2) is 59.9 Å². The van der Waals surface area contributed by atoms with Crippen LogP contribution < -0.4 is 15.4 Å². The van der Waals surface area contributed by atoms with Gasteiger partial charge in [-0.25, -0.2) is 4.39 Å². The molecule has 2 aliphatic rings. The van der Waals surface area contributed by atoms with Crippen LogP contribution in [-0.2, 0) is 17.6 Å². The van der Waals surface area contributed by atoms with Crippen LogP contribution in [0.3, 0.4) is 0 Å². The van der Waals surface area contributed by atoms with Gasteiger partial charge >= 0.3 is 0 Å². The first-order valence-electron chi connectivity index (χ1n) is 13.1. The van der Waals surface area contributed by atoms with Gasteiger partial charge in [0.05, 0.1) is 6.04 Å². The lowest BCUT2D eigenvalue weighted by Gasteiger charge is -2.19. The third-order valence-corrected chi connectivity index (χ3v) is 7.08. The fourth-order valence-electron chi connectivity index (χ4n) is 4.44. The van der Waals surface area contributed by atoms with Crippen LogP contribution in [0.15, 0.2) is 59.8 Å². The smallest absolute Gasteiger partial charge is 0.252 e. The number of aryl methyl sites for hydroxylation is 2. The number of rotatable bonds is 11. The lowest BCUT2D eigenvalue weighted by Crippen LogP contribution is -2.42. The Hall–Kier alpha value is -3.17. The van der Waals surface area contributed by atoms with Crippen LogP contribution in [0.2, 0.25) is 0 Å². The molecule has 9 heteroatoms. The lowest BCUT2D eigenvalue weighted by molar-refractivity contribution is -0.121. The van der Waals surface area contributed by atoms with Crippen molar-refractivity contribution in [2.75, 3.05) is 19.7 Å². The molecular formula is C29H35FN4O3S. The summed E-state index contributed by atoms with van der Waals surface area (Å²) in [5.74, 6) is -0.171. The molecule has 0 aliphatic carbocycles. The summed E-state index contributed by atoms with van der Waals surface area (Å²) >= 11 is 4.51. The maximum Gasteiger partial charge on any atom is 0.252 e. The van der Waals surface area contributed by atoms with Crippen molar-refractivity contribution in [3.05, 3.63) is 77.2 Å². The molecule has 3 atom stereocenters. The number of thiol groups is 1. The van der Waals surface area contributed by atoms with Gasteiger partial charge in [0.15, 0.2) is 5.78 Å². The third kappa shape index (κ3) is 8.16. The number of halogens is 1. The maximum absolute atomic E-state index is 13.4. The highest BCUT2D eigenvalue weighted by Gasteiger charge is 2.23. The molecule has 1 fully saturated rings. The molecule has 202 valence electrons. The molecule has 7 nitrogen and oxygen atoms in total. The van der Waals surface area contributed by atoms with Crippen LogP contribution in [0.1, 0.15) is 47.7 Å². The maximum atomic E-state index is 13.4. The van der Waals surface area contributed by atoms with Gasteiger partial charge in [-0.2, -0.15) is 17.7 Å². The molecule has 0 unspecified atom stereocenters. The molecule has 0 bridgehead atoms. The molecule has 2 aromatic rings. The Morgan fingerprint density at radius 1 is 1.21 bits per heavy atom. The fourth-order valence-corrected chi connectivity index (χ4v) is 4.80. The number of ketones is 1. The summed E-state index contributed by atoms with van der Waals surface area (Å²) in [7, 11) is 0. The summed E-state index contributed by atoms with van der Waals surface area (Å²) in [6.45, 7) is 3.09. The van der Waals surface area contributed by atoms with Crippen molar-refractivity contribution in [2.45, 2.75) is 56.4 Å². The molecule has 2 N–H and O–H groups in total. The number of nitrogens with one attached hydrogen (secondary N) is 2. The van der Waals surface area contributed by atoms with Gasteiger partial charge in [0.2, 0.25) is 0 Å². The molecule has 2 aliphatic heterocycles. The van der Waals surface area contributed by atoms with E-state index in [2.05, 4.69) is 28.4 Å². The first-order valence-corrected chi connectivity index (χ1v) is 13.6. The molecule has 2 heterocycles. The second-order valence-corrected chi connectivity index (χ2v) is 10.5. The fraction of sp³-hybridized carbons (Fsp3) is 0.414. The number of carbonyl (C=O) groups excluding carboxylic acids is 2. The number of benzene rings is 2. The van der Waals surface area contributed by atoms with Gasteiger partial charge in [-0.15, -0.1) is 0 Å². The molecular weight excluding hydrogens is 503 g/mol. The summed E-state index contributed by atoms with van der Waals surface area (Å²) in [4.78, 5) is 26.2. The zero-order chi connectivity index (χ0) is 26.9. The van der Waals surface area contributed by atoms with Crippen LogP contribution in [0.25, 0.3) is 0 Å². The summed E-state index contributed by atoms with van der Waals surface area (Å²) in [5, 5.41) is 12.4. The van der Waals surface area contributed by atoms with Gasteiger partial charge in [-0.3, -0.25) is 14.6 Å². The van der Waals surface area contributed by atoms with Gasteiger partial charge < -0.3 is 15.4 Å². The highest BCUT2D eigenvalue weighted by molar-refractivity contribution is 7.81. The minimum Gasteiger partial charge on any atom is -0.492 e. The van der Waals surface area contributed by atoms with E-state index in [1.165, 1.54) is 12.1 Å². The highest BCUT2D eigenvalue weighted by atomic mass is 32.1. The van der Waals surface area contributed by atoms with Gasteiger partial charge in [-0.05, 0) is 74.4 Å². The Kier molecular flexibility index (Phi) is 9.95. The molecule has 2 aromatic carbocycles.